The number of aliphatic hydroxyl groups excluding tert-OH is 1. The third-order valence-electron chi connectivity index (χ3n) is 4.06. The molecule has 94 valence electrons. The Kier molecular flexibility index (Phi) is 2.88. The molecule has 0 amide bonds. The third kappa shape index (κ3) is 1.98. The summed E-state index contributed by atoms with van der Waals surface area (Å²) >= 11 is 0. The van der Waals surface area contributed by atoms with E-state index in [1.54, 1.807) is 0 Å². The van der Waals surface area contributed by atoms with Gasteiger partial charge in [0.2, 0.25) is 0 Å². The van der Waals surface area contributed by atoms with Crippen LogP contribution in [-0.2, 0) is 13.0 Å². The van der Waals surface area contributed by atoms with Gasteiger partial charge in [-0.3, -0.25) is 4.90 Å². The third-order valence-corrected chi connectivity index (χ3v) is 4.06. The molecule has 0 bridgehead atoms. The standard InChI is InChI=1S/C12H20N4O/c1-15-5-2-3-10(15)12-13-11-7-9(8-17)4-6-16(11)14-12/h9-10,17H,2-8H2,1H3. The van der Waals surface area contributed by atoms with Crippen LogP contribution in [0.5, 0.6) is 0 Å². The molecule has 0 saturated carbocycles. The van der Waals surface area contributed by atoms with E-state index in [-0.39, 0.29) is 6.61 Å². The molecule has 2 aliphatic heterocycles. The number of rotatable bonds is 2. The maximum absolute atomic E-state index is 9.21. The van der Waals surface area contributed by atoms with Crippen molar-refractivity contribution in [3.05, 3.63) is 11.6 Å². The molecule has 2 aliphatic rings. The quantitative estimate of drug-likeness (QED) is 0.817. The molecule has 5 nitrogen and oxygen atoms in total. The molecule has 1 N–H and O–H groups in total. The van der Waals surface area contributed by atoms with Gasteiger partial charge in [0.05, 0.1) is 6.04 Å². The highest BCUT2D eigenvalue weighted by Crippen LogP contribution is 2.29. The van der Waals surface area contributed by atoms with Crippen LogP contribution in [0.2, 0.25) is 0 Å². The topological polar surface area (TPSA) is 54.2 Å². The van der Waals surface area contributed by atoms with Gasteiger partial charge in [0, 0.05) is 19.6 Å². The van der Waals surface area contributed by atoms with Crippen molar-refractivity contribution < 1.29 is 5.11 Å². The Labute approximate surface area is 101 Å². The van der Waals surface area contributed by atoms with Crippen LogP contribution in [0.4, 0.5) is 0 Å². The van der Waals surface area contributed by atoms with E-state index >= 15 is 0 Å². The first kappa shape index (κ1) is 11.2. The van der Waals surface area contributed by atoms with E-state index in [2.05, 4.69) is 22.0 Å². The van der Waals surface area contributed by atoms with Gasteiger partial charge >= 0.3 is 0 Å². The predicted octanol–water partition coefficient (Wildman–Crippen LogP) is 0.599. The molecule has 1 aromatic heterocycles. The molecule has 0 spiro atoms. The van der Waals surface area contributed by atoms with Crippen LogP contribution < -0.4 is 0 Å². The summed E-state index contributed by atoms with van der Waals surface area (Å²) < 4.78 is 2.04. The summed E-state index contributed by atoms with van der Waals surface area (Å²) in [5, 5.41) is 13.8. The summed E-state index contributed by atoms with van der Waals surface area (Å²) in [5.41, 5.74) is 0. The van der Waals surface area contributed by atoms with Gasteiger partial charge in [0.25, 0.3) is 0 Å². The van der Waals surface area contributed by atoms with Crippen molar-refractivity contribution in [2.75, 3.05) is 20.2 Å². The van der Waals surface area contributed by atoms with E-state index in [4.69, 9.17) is 0 Å². The van der Waals surface area contributed by atoms with Crippen molar-refractivity contribution in [1.29, 1.82) is 0 Å². The summed E-state index contributed by atoms with van der Waals surface area (Å²) in [7, 11) is 2.15. The van der Waals surface area contributed by atoms with Gasteiger partial charge in [-0.05, 0) is 38.8 Å². The summed E-state index contributed by atoms with van der Waals surface area (Å²) in [6.45, 7) is 2.32. The molecule has 1 aromatic rings. The lowest BCUT2D eigenvalue weighted by Gasteiger charge is -2.19. The van der Waals surface area contributed by atoms with Crippen LogP contribution in [0.3, 0.4) is 0 Å². The molecule has 5 heteroatoms. The molecular formula is C12H20N4O. The van der Waals surface area contributed by atoms with Crippen LogP contribution in [0.25, 0.3) is 0 Å². The number of aliphatic hydroxyl groups is 1. The number of hydrogen-bond acceptors (Lipinski definition) is 4. The molecule has 3 rings (SSSR count). The number of hydrogen-bond donors (Lipinski definition) is 1. The Bertz CT molecular complexity index is 403. The fraction of sp³-hybridized carbons (Fsp3) is 0.833. The molecule has 1 saturated heterocycles. The second-order valence-electron chi connectivity index (χ2n) is 5.29. The van der Waals surface area contributed by atoms with E-state index in [1.165, 1.54) is 12.8 Å². The molecule has 17 heavy (non-hydrogen) atoms. The molecule has 1 fully saturated rings. The first-order valence-electron chi connectivity index (χ1n) is 6.52. The van der Waals surface area contributed by atoms with Crippen molar-refractivity contribution >= 4 is 0 Å². The van der Waals surface area contributed by atoms with Crippen molar-refractivity contribution in [1.82, 2.24) is 19.7 Å². The lowest BCUT2D eigenvalue weighted by Crippen LogP contribution is -2.22. The minimum absolute atomic E-state index is 0.269. The van der Waals surface area contributed by atoms with Crippen molar-refractivity contribution in [3.63, 3.8) is 0 Å². The maximum Gasteiger partial charge on any atom is 0.168 e. The average Bonchev–Trinajstić information content (AvgIpc) is 2.93. The zero-order valence-corrected chi connectivity index (χ0v) is 10.3. The number of fused-ring (bicyclic) bond motifs is 1. The van der Waals surface area contributed by atoms with Crippen LogP contribution in [0, 0.1) is 5.92 Å². The highest BCUT2D eigenvalue weighted by molar-refractivity contribution is 5.03. The van der Waals surface area contributed by atoms with Crippen molar-refractivity contribution in [2.45, 2.75) is 38.3 Å². The molecular weight excluding hydrogens is 216 g/mol. The molecule has 0 aromatic carbocycles. The highest BCUT2D eigenvalue weighted by atomic mass is 16.3. The monoisotopic (exact) mass is 236 g/mol. The highest BCUT2D eigenvalue weighted by Gasteiger charge is 2.29. The fourth-order valence-electron chi connectivity index (χ4n) is 2.92. The van der Waals surface area contributed by atoms with Gasteiger partial charge in [0.15, 0.2) is 5.82 Å². The average molecular weight is 236 g/mol. The Morgan fingerprint density at radius 2 is 2.24 bits per heavy atom. The van der Waals surface area contributed by atoms with Crippen LogP contribution in [0.15, 0.2) is 0 Å². The summed E-state index contributed by atoms with van der Waals surface area (Å²) in [4.78, 5) is 7.02. The summed E-state index contributed by atoms with van der Waals surface area (Å²) in [6, 6.07) is 0.403. The lowest BCUT2D eigenvalue weighted by molar-refractivity contribution is 0.196. The van der Waals surface area contributed by atoms with Gasteiger partial charge in [-0.2, -0.15) is 5.10 Å². The van der Waals surface area contributed by atoms with E-state index < -0.39 is 0 Å². The van der Waals surface area contributed by atoms with Gasteiger partial charge in [-0.25, -0.2) is 9.67 Å². The first-order valence-corrected chi connectivity index (χ1v) is 6.52. The fourth-order valence-corrected chi connectivity index (χ4v) is 2.92. The maximum atomic E-state index is 9.21. The number of likely N-dealkylation sites (tertiary alicyclic amines) is 1. The molecule has 0 radical (unpaired) electrons. The minimum atomic E-state index is 0.269. The molecule has 3 heterocycles. The normalized spacial score (nSPS) is 29.5. The Hall–Kier alpha value is -0.940. The molecule has 2 unspecified atom stereocenters. The predicted molar refractivity (Wildman–Crippen MR) is 63.5 cm³/mol. The number of nitrogens with zero attached hydrogens (tertiary/aromatic N) is 4. The Balaban J connectivity index is 1.82. The van der Waals surface area contributed by atoms with Gasteiger partial charge < -0.3 is 5.11 Å². The Morgan fingerprint density at radius 1 is 1.35 bits per heavy atom. The van der Waals surface area contributed by atoms with Crippen LogP contribution >= 0.6 is 0 Å². The molecule has 2 atom stereocenters. The van der Waals surface area contributed by atoms with Gasteiger partial charge in [0.1, 0.15) is 5.82 Å². The number of aryl methyl sites for hydroxylation is 1. The number of aromatic nitrogens is 3. The lowest BCUT2D eigenvalue weighted by atomic mass is 9.99. The van der Waals surface area contributed by atoms with Crippen LogP contribution in [0.1, 0.15) is 37.0 Å². The van der Waals surface area contributed by atoms with Crippen molar-refractivity contribution in [2.24, 2.45) is 5.92 Å². The van der Waals surface area contributed by atoms with E-state index in [0.29, 0.717) is 12.0 Å². The SMILES string of the molecule is CN1CCCC1c1nc2n(n1)CCC(CO)C2. The summed E-state index contributed by atoms with van der Waals surface area (Å²) in [5.74, 6) is 2.42. The zero-order valence-electron chi connectivity index (χ0n) is 10.3. The van der Waals surface area contributed by atoms with Gasteiger partial charge in [-0.15, -0.1) is 0 Å². The van der Waals surface area contributed by atoms with E-state index in [9.17, 15) is 5.11 Å². The largest absolute Gasteiger partial charge is 0.396 e. The smallest absolute Gasteiger partial charge is 0.168 e. The summed E-state index contributed by atoms with van der Waals surface area (Å²) in [6.07, 6.45) is 4.31. The van der Waals surface area contributed by atoms with Crippen molar-refractivity contribution in [3.8, 4) is 0 Å². The Morgan fingerprint density at radius 3 is 2.94 bits per heavy atom. The van der Waals surface area contributed by atoms with E-state index in [1.807, 2.05) is 4.68 Å². The second-order valence-corrected chi connectivity index (χ2v) is 5.29. The van der Waals surface area contributed by atoms with Crippen LogP contribution in [-0.4, -0.2) is 45.0 Å². The van der Waals surface area contributed by atoms with E-state index in [0.717, 1.165) is 37.6 Å². The minimum Gasteiger partial charge on any atom is -0.396 e. The second kappa shape index (κ2) is 4.38. The first-order chi connectivity index (χ1) is 8.28. The molecule has 0 aliphatic carbocycles. The van der Waals surface area contributed by atoms with Gasteiger partial charge in [-0.1, -0.05) is 0 Å². The zero-order chi connectivity index (χ0) is 11.8.